The molecule has 0 saturated carbocycles. The molecular weight excluding hydrogens is 414 g/mol. The SMILES string of the molecule is CCCN(C)C1Cc2ccc(OC)c(c2C)OC(C)/C(OC(=O)c2ccccc2)=C\CC1C. The van der Waals surface area contributed by atoms with Crippen LogP contribution in [0.2, 0.25) is 0 Å². The predicted octanol–water partition coefficient (Wildman–Crippen LogP) is 5.80. The molecule has 0 amide bonds. The van der Waals surface area contributed by atoms with Gasteiger partial charge in [0.1, 0.15) is 5.76 Å². The smallest absolute Gasteiger partial charge is 0.343 e. The first-order chi connectivity index (χ1) is 15.8. The number of methoxy groups -OCH3 is 1. The monoisotopic (exact) mass is 451 g/mol. The molecule has 0 spiro atoms. The van der Waals surface area contributed by atoms with Gasteiger partial charge in [0, 0.05) is 6.04 Å². The van der Waals surface area contributed by atoms with Crippen LogP contribution in [-0.2, 0) is 11.2 Å². The maximum atomic E-state index is 12.8. The lowest BCUT2D eigenvalue weighted by molar-refractivity contribution is 0.0536. The van der Waals surface area contributed by atoms with E-state index in [1.54, 1.807) is 19.2 Å². The van der Waals surface area contributed by atoms with Crippen molar-refractivity contribution in [3.63, 3.8) is 0 Å². The Hall–Kier alpha value is -2.79. The van der Waals surface area contributed by atoms with E-state index in [9.17, 15) is 4.79 Å². The van der Waals surface area contributed by atoms with E-state index in [4.69, 9.17) is 14.2 Å². The molecule has 2 bridgehead atoms. The summed E-state index contributed by atoms with van der Waals surface area (Å²) in [6.07, 6.45) is 4.39. The van der Waals surface area contributed by atoms with Gasteiger partial charge in [-0.2, -0.15) is 0 Å². The number of hydrogen-bond donors (Lipinski definition) is 0. The van der Waals surface area contributed by atoms with Gasteiger partial charge in [0.15, 0.2) is 17.6 Å². The molecule has 0 aliphatic carbocycles. The van der Waals surface area contributed by atoms with Crippen molar-refractivity contribution in [2.45, 2.75) is 59.1 Å². The van der Waals surface area contributed by atoms with Gasteiger partial charge in [-0.3, -0.25) is 0 Å². The quantitative estimate of drug-likeness (QED) is 0.519. The topological polar surface area (TPSA) is 48.0 Å². The van der Waals surface area contributed by atoms with E-state index >= 15 is 0 Å². The minimum Gasteiger partial charge on any atom is -0.493 e. The molecule has 0 radical (unpaired) electrons. The summed E-state index contributed by atoms with van der Waals surface area (Å²) in [6.45, 7) is 9.51. The van der Waals surface area contributed by atoms with E-state index in [-0.39, 0.29) is 5.97 Å². The summed E-state index contributed by atoms with van der Waals surface area (Å²) in [6, 6.07) is 13.5. The van der Waals surface area contributed by atoms with Crippen molar-refractivity contribution in [3.05, 3.63) is 71.0 Å². The molecule has 33 heavy (non-hydrogen) atoms. The molecule has 3 atom stereocenters. The standard InChI is InChI=1S/C28H37NO4/c1-7-17-29(5)24-18-23-14-16-26(31-6)27(20(23)3)32-21(4)25(15-13-19(24)2)33-28(30)22-11-9-8-10-12-22/h8-12,14-16,19,21,24H,7,13,17-18H2,1-6H3/b25-15+. The van der Waals surface area contributed by atoms with E-state index in [0.29, 0.717) is 34.8 Å². The number of rotatable bonds is 6. The van der Waals surface area contributed by atoms with Crippen molar-refractivity contribution in [2.75, 3.05) is 20.7 Å². The summed E-state index contributed by atoms with van der Waals surface area (Å²) in [5, 5.41) is 0. The van der Waals surface area contributed by atoms with Crippen molar-refractivity contribution >= 4 is 5.97 Å². The van der Waals surface area contributed by atoms with Crippen LogP contribution in [-0.4, -0.2) is 43.7 Å². The molecule has 0 aromatic heterocycles. The largest absolute Gasteiger partial charge is 0.493 e. The van der Waals surface area contributed by atoms with Crippen LogP contribution in [0.5, 0.6) is 11.5 Å². The highest BCUT2D eigenvalue weighted by molar-refractivity contribution is 5.90. The Bertz CT molecular complexity index is 969. The van der Waals surface area contributed by atoms with Crippen LogP contribution >= 0.6 is 0 Å². The average Bonchev–Trinajstić information content (AvgIpc) is 2.82. The molecule has 5 heteroatoms. The first-order valence-electron chi connectivity index (χ1n) is 11.9. The second-order valence-electron chi connectivity index (χ2n) is 8.97. The Kier molecular flexibility index (Phi) is 8.56. The number of carbonyl (C=O) groups is 1. The number of nitrogens with zero attached hydrogens (tertiary/aromatic N) is 1. The van der Waals surface area contributed by atoms with Gasteiger partial charge in [-0.25, -0.2) is 4.79 Å². The highest BCUT2D eigenvalue weighted by Crippen LogP contribution is 2.37. The molecule has 178 valence electrons. The third-order valence-electron chi connectivity index (χ3n) is 6.54. The molecule has 0 fully saturated rings. The van der Waals surface area contributed by atoms with Crippen LogP contribution < -0.4 is 9.47 Å². The molecule has 3 unspecified atom stereocenters. The molecule has 1 aliphatic rings. The van der Waals surface area contributed by atoms with Crippen molar-refractivity contribution in [1.82, 2.24) is 4.90 Å². The summed E-state index contributed by atoms with van der Waals surface area (Å²) >= 11 is 0. The first kappa shape index (κ1) is 24.8. The number of allylic oxidation sites excluding steroid dienone is 1. The van der Waals surface area contributed by atoms with Gasteiger partial charge in [0.05, 0.1) is 12.7 Å². The predicted molar refractivity (Wildman–Crippen MR) is 132 cm³/mol. The fourth-order valence-electron chi connectivity index (χ4n) is 4.50. The van der Waals surface area contributed by atoms with Crippen LogP contribution in [0, 0.1) is 12.8 Å². The summed E-state index contributed by atoms with van der Waals surface area (Å²) in [5.74, 6) is 1.90. The van der Waals surface area contributed by atoms with Gasteiger partial charge in [-0.1, -0.05) is 38.1 Å². The van der Waals surface area contributed by atoms with E-state index in [0.717, 1.165) is 31.4 Å². The molecule has 3 rings (SSSR count). The zero-order valence-electron chi connectivity index (χ0n) is 20.8. The molecule has 2 aromatic carbocycles. The third-order valence-corrected chi connectivity index (χ3v) is 6.54. The zero-order valence-corrected chi connectivity index (χ0v) is 20.8. The van der Waals surface area contributed by atoms with Gasteiger partial charge in [0.25, 0.3) is 0 Å². The lowest BCUT2D eigenvalue weighted by Crippen LogP contribution is -2.39. The highest BCUT2D eigenvalue weighted by atomic mass is 16.6. The molecule has 0 N–H and O–H groups in total. The Labute approximate surface area is 198 Å². The molecule has 0 saturated heterocycles. The fraction of sp³-hybridized carbons (Fsp3) is 0.464. The molecule has 5 nitrogen and oxygen atoms in total. The summed E-state index contributed by atoms with van der Waals surface area (Å²) < 4.78 is 17.9. The third kappa shape index (κ3) is 5.97. The number of likely N-dealkylation sites (N-methyl/N-ethyl adjacent to an activating group) is 1. The number of ether oxygens (including phenoxy) is 3. The van der Waals surface area contributed by atoms with Gasteiger partial charge in [0.2, 0.25) is 0 Å². The average molecular weight is 452 g/mol. The molecular formula is C28H37NO4. The van der Waals surface area contributed by atoms with E-state index < -0.39 is 6.10 Å². The number of hydrogen-bond acceptors (Lipinski definition) is 5. The maximum absolute atomic E-state index is 12.8. The second kappa shape index (κ2) is 11.4. The summed E-state index contributed by atoms with van der Waals surface area (Å²) in [5.41, 5.74) is 2.84. The van der Waals surface area contributed by atoms with Gasteiger partial charge < -0.3 is 19.1 Å². The van der Waals surface area contributed by atoms with E-state index in [1.807, 2.05) is 37.3 Å². The summed E-state index contributed by atoms with van der Waals surface area (Å²) in [7, 11) is 3.85. The fourth-order valence-corrected chi connectivity index (χ4v) is 4.50. The van der Waals surface area contributed by atoms with Crippen molar-refractivity contribution < 1.29 is 19.0 Å². The van der Waals surface area contributed by atoms with Crippen LogP contribution in [0.4, 0.5) is 0 Å². The molecule has 1 heterocycles. The van der Waals surface area contributed by atoms with Crippen LogP contribution in [0.15, 0.2) is 54.3 Å². The van der Waals surface area contributed by atoms with Crippen molar-refractivity contribution in [2.24, 2.45) is 5.92 Å². The van der Waals surface area contributed by atoms with Crippen LogP contribution in [0.3, 0.4) is 0 Å². The van der Waals surface area contributed by atoms with Crippen molar-refractivity contribution in [3.8, 4) is 11.5 Å². The normalized spacial score (nSPS) is 22.5. The van der Waals surface area contributed by atoms with Crippen LogP contribution in [0.1, 0.15) is 55.1 Å². The lowest BCUT2D eigenvalue weighted by atomic mass is 9.89. The maximum Gasteiger partial charge on any atom is 0.343 e. The van der Waals surface area contributed by atoms with E-state index in [1.165, 1.54) is 5.56 Å². The minimum atomic E-state index is -0.447. The number of carbonyl (C=O) groups excluding carboxylic acids is 1. The van der Waals surface area contributed by atoms with Crippen molar-refractivity contribution in [1.29, 1.82) is 0 Å². The zero-order chi connectivity index (χ0) is 24.0. The number of esters is 1. The first-order valence-corrected chi connectivity index (χ1v) is 11.9. The van der Waals surface area contributed by atoms with Gasteiger partial charge >= 0.3 is 5.97 Å². The Balaban J connectivity index is 2.01. The number of benzene rings is 2. The van der Waals surface area contributed by atoms with Gasteiger partial charge in [-0.05, 0) is 88.0 Å². The Morgan fingerprint density at radius 2 is 1.88 bits per heavy atom. The second-order valence-corrected chi connectivity index (χ2v) is 8.97. The summed E-state index contributed by atoms with van der Waals surface area (Å²) in [4.78, 5) is 15.3. The molecule has 2 aromatic rings. The number of fused-ring (bicyclic) bond motifs is 2. The van der Waals surface area contributed by atoms with Gasteiger partial charge in [-0.15, -0.1) is 0 Å². The van der Waals surface area contributed by atoms with Crippen LogP contribution in [0.25, 0.3) is 0 Å². The lowest BCUT2D eigenvalue weighted by Gasteiger charge is -2.33. The minimum absolute atomic E-state index is 0.348. The highest BCUT2D eigenvalue weighted by Gasteiger charge is 2.27. The Morgan fingerprint density at radius 3 is 2.55 bits per heavy atom. The Morgan fingerprint density at radius 1 is 1.15 bits per heavy atom. The molecule has 1 aliphatic heterocycles. The van der Waals surface area contributed by atoms with E-state index in [2.05, 4.69) is 38.8 Å².